The van der Waals surface area contributed by atoms with Crippen LogP contribution in [0.15, 0.2) is 12.4 Å². The van der Waals surface area contributed by atoms with E-state index in [1.54, 1.807) is 17.3 Å². The van der Waals surface area contributed by atoms with Crippen LogP contribution in [0.1, 0.15) is 59.2 Å². The average molecular weight is 362 g/mol. The van der Waals surface area contributed by atoms with E-state index in [4.69, 9.17) is 9.47 Å². The highest BCUT2D eigenvalue weighted by Crippen LogP contribution is 2.33. The van der Waals surface area contributed by atoms with E-state index < -0.39 is 17.2 Å². The normalized spacial score (nSPS) is 22.5. The van der Waals surface area contributed by atoms with Gasteiger partial charge in [-0.1, -0.05) is 0 Å². The molecule has 8 nitrogen and oxygen atoms in total. The van der Waals surface area contributed by atoms with E-state index in [0.29, 0.717) is 24.7 Å². The number of hydrogen-bond acceptors (Lipinski definition) is 6. The number of aromatic nitrogens is 2. The van der Waals surface area contributed by atoms with Gasteiger partial charge in [0.2, 0.25) is 0 Å². The number of hydrogen-bond donors (Lipinski definition) is 0. The lowest BCUT2D eigenvalue weighted by atomic mass is 10.1. The van der Waals surface area contributed by atoms with Gasteiger partial charge in [-0.25, -0.2) is 14.6 Å². The largest absolute Gasteiger partial charge is 0.447 e. The van der Waals surface area contributed by atoms with Gasteiger partial charge in [0.05, 0.1) is 29.7 Å². The Morgan fingerprint density at radius 2 is 2.04 bits per heavy atom. The highest BCUT2D eigenvalue weighted by Gasteiger charge is 2.42. The van der Waals surface area contributed by atoms with Crippen LogP contribution in [0.2, 0.25) is 0 Å². The second-order valence-electron chi connectivity index (χ2n) is 8.33. The lowest BCUT2D eigenvalue weighted by Crippen LogP contribution is -2.42. The van der Waals surface area contributed by atoms with Gasteiger partial charge in [0, 0.05) is 6.54 Å². The molecule has 1 unspecified atom stereocenters. The number of nitrogens with zero attached hydrogens (tertiary/aromatic N) is 4. The Bertz CT molecular complexity index is 696. The van der Waals surface area contributed by atoms with Crippen molar-refractivity contribution in [2.45, 2.75) is 64.6 Å². The summed E-state index contributed by atoms with van der Waals surface area (Å²) >= 11 is 0. The number of carbonyl (C=O) groups is 2. The summed E-state index contributed by atoms with van der Waals surface area (Å²) in [4.78, 5) is 36.5. The highest BCUT2D eigenvalue weighted by molar-refractivity contribution is 5.89. The first-order valence-electron chi connectivity index (χ1n) is 8.87. The van der Waals surface area contributed by atoms with Crippen LogP contribution >= 0.6 is 0 Å². The Balaban J connectivity index is 1.78. The topological polar surface area (TPSA) is 84.9 Å². The van der Waals surface area contributed by atoms with Gasteiger partial charge in [0.25, 0.3) is 0 Å². The summed E-state index contributed by atoms with van der Waals surface area (Å²) in [6.07, 6.45) is 4.13. The monoisotopic (exact) mass is 362 g/mol. The molecule has 1 aromatic rings. The third-order valence-electron chi connectivity index (χ3n) is 4.45. The summed E-state index contributed by atoms with van der Waals surface area (Å²) in [5.41, 5.74) is -0.313. The highest BCUT2D eigenvalue weighted by atomic mass is 16.6. The minimum Gasteiger partial charge on any atom is -0.447 e. The Hall–Kier alpha value is -2.38. The first kappa shape index (κ1) is 18.4. The molecule has 8 heteroatoms. The smallest absolute Gasteiger partial charge is 0.416 e. The van der Waals surface area contributed by atoms with E-state index in [1.165, 1.54) is 4.90 Å². The number of cyclic esters (lactones) is 1. The van der Waals surface area contributed by atoms with Crippen LogP contribution in [0.4, 0.5) is 15.4 Å². The second-order valence-corrected chi connectivity index (χ2v) is 8.33. The van der Waals surface area contributed by atoms with E-state index >= 15 is 0 Å². The number of carbonyl (C=O) groups excluding carboxylic acids is 2. The Kier molecular flexibility index (Phi) is 4.54. The molecule has 142 valence electrons. The maximum absolute atomic E-state index is 12.4. The molecule has 0 saturated carbocycles. The fourth-order valence-electron chi connectivity index (χ4n) is 3.25. The van der Waals surface area contributed by atoms with Crippen molar-refractivity contribution in [3.8, 4) is 0 Å². The zero-order chi connectivity index (χ0) is 19.1. The number of amides is 2. The lowest BCUT2D eigenvalue weighted by molar-refractivity contribution is 0.0221. The van der Waals surface area contributed by atoms with Gasteiger partial charge < -0.3 is 9.47 Å². The predicted molar refractivity (Wildman–Crippen MR) is 94.9 cm³/mol. The standard InChI is InChI=1S/C18H26N4O4/c1-17(2,3)26-15(23)21-8-6-7-13(21)12-9-20-14(10-19-12)22-16(24)25-11-18(22,4)5/h9-10,13H,6-8,11H2,1-5H3. The van der Waals surface area contributed by atoms with E-state index in [1.807, 2.05) is 34.6 Å². The van der Waals surface area contributed by atoms with Crippen molar-refractivity contribution in [2.75, 3.05) is 18.1 Å². The molecular formula is C18H26N4O4. The zero-order valence-corrected chi connectivity index (χ0v) is 16.0. The first-order chi connectivity index (χ1) is 12.1. The van der Waals surface area contributed by atoms with Crippen molar-refractivity contribution in [3.63, 3.8) is 0 Å². The molecule has 1 aromatic heterocycles. The summed E-state index contributed by atoms with van der Waals surface area (Å²) in [7, 11) is 0. The molecule has 0 N–H and O–H groups in total. The molecule has 0 radical (unpaired) electrons. The van der Waals surface area contributed by atoms with Crippen molar-refractivity contribution < 1.29 is 19.1 Å². The molecule has 0 bridgehead atoms. The molecule has 2 saturated heterocycles. The van der Waals surface area contributed by atoms with Crippen LogP contribution in [0.3, 0.4) is 0 Å². The van der Waals surface area contributed by atoms with Crippen LogP contribution in [-0.4, -0.2) is 51.3 Å². The third-order valence-corrected chi connectivity index (χ3v) is 4.45. The minimum absolute atomic E-state index is 0.162. The molecule has 1 atom stereocenters. The fourth-order valence-corrected chi connectivity index (χ4v) is 3.25. The van der Waals surface area contributed by atoms with E-state index in [2.05, 4.69) is 9.97 Å². The van der Waals surface area contributed by atoms with Crippen molar-refractivity contribution >= 4 is 18.0 Å². The molecular weight excluding hydrogens is 336 g/mol. The van der Waals surface area contributed by atoms with E-state index in [9.17, 15) is 9.59 Å². The molecule has 0 spiro atoms. The fraction of sp³-hybridized carbons (Fsp3) is 0.667. The summed E-state index contributed by atoms with van der Waals surface area (Å²) in [6.45, 7) is 10.3. The van der Waals surface area contributed by atoms with Gasteiger partial charge >= 0.3 is 12.2 Å². The predicted octanol–water partition coefficient (Wildman–Crippen LogP) is 3.28. The Morgan fingerprint density at radius 3 is 2.58 bits per heavy atom. The van der Waals surface area contributed by atoms with Crippen molar-refractivity contribution in [2.24, 2.45) is 0 Å². The van der Waals surface area contributed by atoms with Crippen LogP contribution in [0, 0.1) is 0 Å². The summed E-state index contributed by atoms with van der Waals surface area (Å²) in [6, 6.07) is -0.162. The Morgan fingerprint density at radius 1 is 1.31 bits per heavy atom. The van der Waals surface area contributed by atoms with Crippen LogP contribution < -0.4 is 4.90 Å². The van der Waals surface area contributed by atoms with Gasteiger partial charge in [0.15, 0.2) is 5.82 Å². The van der Waals surface area contributed by atoms with Gasteiger partial charge in [-0.15, -0.1) is 0 Å². The molecule has 2 fully saturated rings. The van der Waals surface area contributed by atoms with E-state index in [0.717, 1.165) is 12.8 Å². The Labute approximate surface area is 153 Å². The molecule has 0 aliphatic carbocycles. The maximum atomic E-state index is 12.4. The molecule has 2 aliphatic heterocycles. The maximum Gasteiger partial charge on any atom is 0.416 e. The minimum atomic E-state index is -0.540. The quantitative estimate of drug-likeness (QED) is 0.803. The number of rotatable bonds is 2. The van der Waals surface area contributed by atoms with Crippen LogP contribution in [0.25, 0.3) is 0 Å². The van der Waals surface area contributed by atoms with Gasteiger partial charge in [-0.2, -0.15) is 0 Å². The number of likely N-dealkylation sites (tertiary alicyclic amines) is 1. The molecule has 3 heterocycles. The number of ether oxygens (including phenoxy) is 2. The molecule has 26 heavy (non-hydrogen) atoms. The third kappa shape index (κ3) is 3.59. The SMILES string of the molecule is CC(C)(C)OC(=O)N1CCCC1c1cnc(N2C(=O)OCC2(C)C)cn1. The van der Waals surface area contributed by atoms with E-state index in [-0.39, 0.29) is 12.1 Å². The van der Waals surface area contributed by atoms with Crippen molar-refractivity contribution in [3.05, 3.63) is 18.1 Å². The molecule has 3 rings (SSSR count). The first-order valence-corrected chi connectivity index (χ1v) is 8.87. The van der Waals surface area contributed by atoms with Gasteiger partial charge in [-0.05, 0) is 47.5 Å². The summed E-state index contributed by atoms with van der Waals surface area (Å²) < 4.78 is 10.6. The number of anilines is 1. The molecule has 2 aliphatic rings. The summed E-state index contributed by atoms with van der Waals surface area (Å²) in [5.74, 6) is 0.447. The van der Waals surface area contributed by atoms with Gasteiger partial charge in [-0.3, -0.25) is 14.8 Å². The molecule has 2 amide bonds. The van der Waals surface area contributed by atoms with Crippen LogP contribution in [-0.2, 0) is 9.47 Å². The zero-order valence-electron chi connectivity index (χ0n) is 16.0. The van der Waals surface area contributed by atoms with Gasteiger partial charge in [0.1, 0.15) is 12.2 Å². The van der Waals surface area contributed by atoms with Crippen molar-refractivity contribution in [1.29, 1.82) is 0 Å². The molecule has 0 aromatic carbocycles. The summed E-state index contributed by atoms with van der Waals surface area (Å²) in [5, 5.41) is 0. The van der Waals surface area contributed by atoms with Crippen molar-refractivity contribution in [1.82, 2.24) is 14.9 Å². The van der Waals surface area contributed by atoms with Crippen LogP contribution in [0.5, 0.6) is 0 Å². The average Bonchev–Trinajstić information content (AvgIpc) is 3.11. The second kappa shape index (κ2) is 6.41. The lowest BCUT2D eigenvalue weighted by Gasteiger charge is -2.29.